The summed E-state index contributed by atoms with van der Waals surface area (Å²) in [7, 11) is 0. The molecule has 6 heteroatoms. The summed E-state index contributed by atoms with van der Waals surface area (Å²) in [5.41, 5.74) is 3.28. The predicted octanol–water partition coefficient (Wildman–Crippen LogP) is 5.51. The Labute approximate surface area is 204 Å². The highest BCUT2D eigenvalue weighted by Gasteiger charge is 2.52. The van der Waals surface area contributed by atoms with Gasteiger partial charge in [-0.3, -0.25) is 0 Å². The van der Waals surface area contributed by atoms with Crippen LogP contribution < -0.4 is 0 Å². The van der Waals surface area contributed by atoms with Crippen molar-refractivity contribution < 1.29 is 29.6 Å². The SMILES string of the molecule is CCc1cc(C2(c3cc(CC)c(O)cc3CC)OC(=O)c3c(C(=O)O)cccc32)c(CC)cc1O. The number of hydrogen-bond acceptors (Lipinski definition) is 5. The minimum Gasteiger partial charge on any atom is -0.508 e. The van der Waals surface area contributed by atoms with Gasteiger partial charge in [-0.15, -0.1) is 0 Å². The van der Waals surface area contributed by atoms with E-state index in [1.807, 2.05) is 39.8 Å². The van der Waals surface area contributed by atoms with Crippen molar-refractivity contribution in [2.45, 2.75) is 59.0 Å². The van der Waals surface area contributed by atoms with Crippen molar-refractivity contribution in [2.24, 2.45) is 0 Å². The van der Waals surface area contributed by atoms with Gasteiger partial charge in [-0.2, -0.15) is 0 Å². The van der Waals surface area contributed by atoms with E-state index in [0.717, 1.165) is 11.1 Å². The van der Waals surface area contributed by atoms with Gasteiger partial charge in [0.2, 0.25) is 0 Å². The molecule has 182 valence electrons. The Kier molecular flexibility index (Phi) is 6.32. The summed E-state index contributed by atoms with van der Waals surface area (Å²) in [5, 5.41) is 31.1. The maximum atomic E-state index is 13.4. The van der Waals surface area contributed by atoms with E-state index in [-0.39, 0.29) is 22.6 Å². The second-order valence-electron chi connectivity index (χ2n) is 8.79. The molecule has 3 aromatic rings. The Balaban J connectivity index is 2.23. The summed E-state index contributed by atoms with van der Waals surface area (Å²) in [4.78, 5) is 25.5. The molecule has 0 spiro atoms. The van der Waals surface area contributed by atoms with Gasteiger partial charge < -0.3 is 20.1 Å². The zero-order valence-corrected chi connectivity index (χ0v) is 20.4. The van der Waals surface area contributed by atoms with E-state index in [4.69, 9.17) is 4.74 Å². The first-order chi connectivity index (χ1) is 16.7. The molecule has 0 bridgehead atoms. The second-order valence-corrected chi connectivity index (χ2v) is 8.79. The molecule has 0 unspecified atom stereocenters. The third-order valence-electron chi connectivity index (χ3n) is 7.02. The number of aryl methyl sites for hydroxylation is 4. The second kappa shape index (κ2) is 9.10. The highest BCUT2D eigenvalue weighted by molar-refractivity contribution is 6.06. The zero-order chi connectivity index (χ0) is 25.5. The molecule has 0 atom stereocenters. The summed E-state index contributed by atoms with van der Waals surface area (Å²) in [6.45, 7) is 7.78. The van der Waals surface area contributed by atoms with Gasteiger partial charge in [-0.1, -0.05) is 39.8 Å². The summed E-state index contributed by atoms with van der Waals surface area (Å²) < 4.78 is 6.28. The number of fused-ring (bicyclic) bond motifs is 1. The fourth-order valence-corrected chi connectivity index (χ4v) is 5.19. The van der Waals surface area contributed by atoms with Gasteiger partial charge in [0, 0.05) is 16.7 Å². The number of aromatic carboxylic acids is 1. The first-order valence-corrected chi connectivity index (χ1v) is 12.0. The van der Waals surface area contributed by atoms with Crippen LogP contribution in [-0.4, -0.2) is 27.3 Å². The van der Waals surface area contributed by atoms with Crippen LogP contribution in [0.25, 0.3) is 0 Å². The monoisotopic (exact) mass is 474 g/mol. The van der Waals surface area contributed by atoms with Gasteiger partial charge in [-0.25, -0.2) is 9.59 Å². The zero-order valence-electron chi connectivity index (χ0n) is 20.4. The smallest absolute Gasteiger partial charge is 0.341 e. The molecule has 6 nitrogen and oxygen atoms in total. The summed E-state index contributed by atoms with van der Waals surface area (Å²) in [6.07, 6.45) is 2.23. The Hall–Kier alpha value is -3.80. The number of phenols is 2. The third-order valence-corrected chi connectivity index (χ3v) is 7.02. The minimum absolute atomic E-state index is 0.0290. The first kappa shape index (κ1) is 24.3. The number of carboxylic acid groups (broad SMARTS) is 1. The lowest BCUT2D eigenvalue weighted by atomic mass is 9.74. The lowest BCUT2D eigenvalue weighted by Crippen LogP contribution is -2.32. The number of rotatable bonds is 7. The number of cyclic esters (lactones) is 1. The highest BCUT2D eigenvalue weighted by atomic mass is 16.6. The average Bonchev–Trinajstić information content (AvgIpc) is 3.16. The molecule has 3 aromatic carbocycles. The largest absolute Gasteiger partial charge is 0.508 e. The fourth-order valence-electron chi connectivity index (χ4n) is 5.19. The number of esters is 1. The van der Waals surface area contributed by atoms with Gasteiger partial charge >= 0.3 is 11.9 Å². The molecule has 1 aliphatic heterocycles. The fraction of sp³-hybridized carbons (Fsp3) is 0.310. The molecular weight excluding hydrogens is 444 g/mol. The highest BCUT2D eigenvalue weighted by Crippen LogP contribution is 2.51. The molecule has 0 radical (unpaired) electrons. The van der Waals surface area contributed by atoms with Crippen LogP contribution in [0.3, 0.4) is 0 Å². The Morgan fingerprint density at radius 2 is 1.26 bits per heavy atom. The normalized spacial score (nSPS) is 14.0. The molecule has 4 rings (SSSR count). The number of ether oxygens (including phenoxy) is 1. The standard InChI is InChI=1S/C29H30O6/c1-5-16-14-24(30)18(7-3)12-22(16)29(23-13-19(8-4)25(31)15-17(23)6-2)21-11-9-10-20(27(32)33)26(21)28(34)35-29/h9-15,30-31H,5-8H2,1-4H3,(H,32,33). The van der Waals surface area contributed by atoms with Gasteiger partial charge in [0.1, 0.15) is 11.5 Å². The van der Waals surface area contributed by atoms with E-state index in [0.29, 0.717) is 53.5 Å². The van der Waals surface area contributed by atoms with Crippen LogP contribution in [0.15, 0.2) is 42.5 Å². The first-order valence-electron chi connectivity index (χ1n) is 12.0. The van der Waals surface area contributed by atoms with Crippen molar-refractivity contribution in [3.8, 4) is 11.5 Å². The van der Waals surface area contributed by atoms with Crippen LogP contribution in [0, 0.1) is 0 Å². The predicted molar refractivity (Wildman–Crippen MR) is 132 cm³/mol. The molecule has 0 fully saturated rings. The molecule has 3 N–H and O–H groups in total. The lowest BCUT2D eigenvalue weighted by molar-refractivity contribution is 0.0244. The molecule has 0 aromatic heterocycles. The molecule has 0 saturated heterocycles. The Morgan fingerprint density at radius 1 is 0.771 bits per heavy atom. The van der Waals surface area contributed by atoms with Gasteiger partial charge in [0.05, 0.1) is 11.1 Å². The van der Waals surface area contributed by atoms with Crippen LogP contribution in [0.5, 0.6) is 11.5 Å². The van der Waals surface area contributed by atoms with Gasteiger partial charge in [-0.05, 0) is 78.3 Å². The number of carboxylic acids is 1. The number of phenolic OH excluding ortho intramolecular Hbond substituents is 2. The lowest BCUT2D eigenvalue weighted by Gasteiger charge is -2.34. The van der Waals surface area contributed by atoms with E-state index in [1.165, 1.54) is 6.07 Å². The molecule has 1 heterocycles. The molecule has 35 heavy (non-hydrogen) atoms. The number of carbonyl (C=O) groups excluding carboxylic acids is 1. The number of hydrogen-bond donors (Lipinski definition) is 3. The molecule has 0 aliphatic carbocycles. The number of aromatic hydroxyl groups is 2. The topological polar surface area (TPSA) is 104 Å². The van der Waals surface area contributed by atoms with Crippen molar-refractivity contribution >= 4 is 11.9 Å². The van der Waals surface area contributed by atoms with Crippen molar-refractivity contribution in [2.75, 3.05) is 0 Å². The molecule has 0 amide bonds. The van der Waals surface area contributed by atoms with E-state index in [9.17, 15) is 24.9 Å². The van der Waals surface area contributed by atoms with Crippen LogP contribution in [0.2, 0.25) is 0 Å². The Morgan fingerprint density at radius 3 is 1.69 bits per heavy atom. The van der Waals surface area contributed by atoms with E-state index >= 15 is 0 Å². The van der Waals surface area contributed by atoms with E-state index in [2.05, 4.69) is 0 Å². The number of benzene rings is 3. The summed E-state index contributed by atoms with van der Waals surface area (Å²) in [6, 6.07) is 11.9. The average molecular weight is 475 g/mol. The maximum Gasteiger partial charge on any atom is 0.341 e. The van der Waals surface area contributed by atoms with E-state index < -0.39 is 17.5 Å². The van der Waals surface area contributed by atoms with Crippen molar-refractivity contribution in [1.82, 2.24) is 0 Å². The van der Waals surface area contributed by atoms with Crippen LogP contribution in [0.4, 0.5) is 0 Å². The van der Waals surface area contributed by atoms with Gasteiger partial charge in [0.15, 0.2) is 5.60 Å². The van der Waals surface area contributed by atoms with Crippen molar-refractivity contribution in [3.05, 3.63) is 92.5 Å². The van der Waals surface area contributed by atoms with Crippen molar-refractivity contribution in [1.29, 1.82) is 0 Å². The van der Waals surface area contributed by atoms with Crippen LogP contribution >= 0.6 is 0 Å². The maximum absolute atomic E-state index is 13.4. The quantitative estimate of drug-likeness (QED) is 0.390. The summed E-state index contributed by atoms with van der Waals surface area (Å²) in [5.74, 6) is -1.58. The third kappa shape index (κ3) is 3.64. The number of carbonyl (C=O) groups is 2. The van der Waals surface area contributed by atoms with Crippen LogP contribution in [0.1, 0.15) is 87.4 Å². The molecular formula is C29H30O6. The summed E-state index contributed by atoms with van der Waals surface area (Å²) >= 11 is 0. The molecule has 0 saturated carbocycles. The minimum atomic E-state index is -1.43. The van der Waals surface area contributed by atoms with Crippen LogP contribution in [-0.2, 0) is 36.0 Å². The molecule has 1 aliphatic rings. The Bertz CT molecular complexity index is 1280. The van der Waals surface area contributed by atoms with E-state index in [1.54, 1.807) is 24.3 Å². The van der Waals surface area contributed by atoms with Crippen molar-refractivity contribution in [3.63, 3.8) is 0 Å². The van der Waals surface area contributed by atoms with Gasteiger partial charge in [0.25, 0.3) is 0 Å².